The van der Waals surface area contributed by atoms with Crippen molar-refractivity contribution in [2.24, 2.45) is 5.92 Å². The van der Waals surface area contributed by atoms with Gasteiger partial charge < -0.3 is 0 Å². The van der Waals surface area contributed by atoms with Gasteiger partial charge in [-0.15, -0.1) is 11.3 Å². The van der Waals surface area contributed by atoms with Crippen molar-refractivity contribution >= 4 is 17.1 Å². The first-order valence-corrected chi connectivity index (χ1v) is 5.66. The number of carbonyl (C=O) groups is 1. The maximum absolute atomic E-state index is 11.3. The number of hydrogen-bond acceptors (Lipinski definition) is 2. The predicted octanol–water partition coefficient (Wildman–Crippen LogP) is 3.08. The van der Waals surface area contributed by atoms with Gasteiger partial charge in [0.25, 0.3) is 0 Å². The van der Waals surface area contributed by atoms with Crippen molar-refractivity contribution in [3.63, 3.8) is 0 Å². The number of thiophene rings is 1. The summed E-state index contributed by atoms with van der Waals surface area (Å²) in [6.45, 7) is 3.96. The van der Waals surface area contributed by atoms with Gasteiger partial charge in [0.1, 0.15) is 0 Å². The summed E-state index contributed by atoms with van der Waals surface area (Å²) in [4.78, 5) is 12.3. The molecular weight excluding hydrogens is 180 g/mol. The second-order valence-electron chi connectivity index (χ2n) is 3.97. The van der Waals surface area contributed by atoms with E-state index in [2.05, 4.69) is 12.3 Å². The highest BCUT2D eigenvalue weighted by atomic mass is 32.1. The molecule has 0 radical (unpaired) electrons. The van der Waals surface area contributed by atoms with E-state index in [1.165, 1.54) is 24.0 Å². The topological polar surface area (TPSA) is 17.1 Å². The Morgan fingerprint density at radius 1 is 1.62 bits per heavy atom. The number of ketones is 1. The summed E-state index contributed by atoms with van der Waals surface area (Å²) in [6.07, 6.45) is 3.51. The summed E-state index contributed by atoms with van der Waals surface area (Å²) >= 11 is 1.63. The van der Waals surface area contributed by atoms with Gasteiger partial charge in [0.15, 0.2) is 5.78 Å². The van der Waals surface area contributed by atoms with Gasteiger partial charge in [-0.25, -0.2) is 0 Å². The largest absolute Gasteiger partial charge is 0.294 e. The van der Waals surface area contributed by atoms with Crippen molar-refractivity contribution in [1.82, 2.24) is 0 Å². The summed E-state index contributed by atoms with van der Waals surface area (Å²) in [5.74, 6) is 1.03. The predicted molar refractivity (Wildman–Crippen MR) is 55.5 cm³/mol. The van der Waals surface area contributed by atoms with Gasteiger partial charge in [-0.2, -0.15) is 0 Å². The molecule has 0 saturated carbocycles. The molecule has 1 aromatic heterocycles. The van der Waals surface area contributed by atoms with Crippen molar-refractivity contribution in [1.29, 1.82) is 0 Å². The zero-order valence-corrected chi connectivity index (χ0v) is 8.91. The summed E-state index contributed by atoms with van der Waals surface area (Å²) in [5, 5.41) is 2.17. The molecule has 1 atom stereocenters. The van der Waals surface area contributed by atoms with E-state index in [1.54, 1.807) is 18.3 Å². The summed E-state index contributed by atoms with van der Waals surface area (Å²) in [7, 11) is 0. The molecule has 1 unspecified atom stereocenters. The molecule has 1 nitrogen and oxygen atoms in total. The Hall–Kier alpha value is -0.630. The Kier molecular flexibility index (Phi) is 2.24. The maximum Gasteiger partial charge on any atom is 0.169 e. The van der Waals surface area contributed by atoms with Crippen LogP contribution in [0.1, 0.15) is 41.1 Å². The smallest absolute Gasteiger partial charge is 0.169 e. The average Bonchev–Trinajstić information content (AvgIpc) is 2.46. The molecule has 0 aliphatic heterocycles. The van der Waals surface area contributed by atoms with Gasteiger partial charge in [-0.05, 0) is 48.6 Å². The molecule has 2 rings (SSSR count). The lowest BCUT2D eigenvalue weighted by Crippen LogP contribution is -2.11. The van der Waals surface area contributed by atoms with Crippen LogP contribution < -0.4 is 0 Å². The van der Waals surface area contributed by atoms with Crippen molar-refractivity contribution in [3.8, 4) is 0 Å². The van der Waals surface area contributed by atoms with Crippen LogP contribution >= 0.6 is 11.3 Å². The van der Waals surface area contributed by atoms with Gasteiger partial charge in [-0.3, -0.25) is 4.79 Å². The molecule has 1 aromatic rings. The van der Waals surface area contributed by atoms with E-state index in [-0.39, 0.29) is 5.78 Å². The number of Topliss-reactive ketones (excluding diaryl/α,β-unsaturated/α-hetero) is 1. The fourth-order valence-corrected chi connectivity index (χ4v) is 3.07. The molecule has 1 aliphatic carbocycles. The normalized spacial score (nSPS) is 21.2. The van der Waals surface area contributed by atoms with E-state index in [4.69, 9.17) is 0 Å². The first kappa shape index (κ1) is 8.95. The van der Waals surface area contributed by atoms with Gasteiger partial charge in [0, 0.05) is 0 Å². The molecule has 0 aromatic carbocycles. The fourth-order valence-electron chi connectivity index (χ4n) is 2.03. The van der Waals surface area contributed by atoms with Crippen molar-refractivity contribution in [2.75, 3.05) is 0 Å². The van der Waals surface area contributed by atoms with E-state index < -0.39 is 0 Å². The summed E-state index contributed by atoms with van der Waals surface area (Å²) < 4.78 is 0. The van der Waals surface area contributed by atoms with Crippen molar-refractivity contribution in [2.45, 2.75) is 33.1 Å². The molecule has 2 heteroatoms. The number of rotatable bonds is 1. The first-order chi connectivity index (χ1) is 6.18. The molecular formula is C11H14OS. The third-order valence-electron chi connectivity index (χ3n) is 2.76. The highest BCUT2D eigenvalue weighted by Crippen LogP contribution is 2.32. The van der Waals surface area contributed by atoms with E-state index in [9.17, 15) is 4.79 Å². The molecule has 0 spiro atoms. The number of hydrogen-bond donors (Lipinski definition) is 0. The highest BCUT2D eigenvalue weighted by molar-refractivity contribution is 7.12. The van der Waals surface area contributed by atoms with Crippen LogP contribution in [0.3, 0.4) is 0 Å². The van der Waals surface area contributed by atoms with Gasteiger partial charge in [0.2, 0.25) is 0 Å². The molecule has 1 aliphatic rings. The lowest BCUT2D eigenvalue weighted by Gasteiger charge is -2.18. The number of fused-ring (bicyclic) bond motifs is 1. The zero-order chi connectivity index (χ0) is 9.42. The maximum atomic E-state index is 11.3. The van der Waals surface area contributed by atoms with Gasteiger partial charge in [0.05, 0.1) is 4.88 Å². The van der Waals surface area contributed by atoms with Crippen LogP contribution in [0.15, 0.2) is 5.38 Å². The molecule has 13 heavy (non-hydrogen) atoms. The molecule has 0 N–H and O–H groups in total. The first-order valence-electron chi connectivity index (χ1n) is 4.78. The fraction of sp³-hybridized carbons (Fsp3) is 0.545. The lowest BCUT2D eigenvalue weighted by molar-refractivity contribution is 0.102. The Bertz CT molecular complexity index is 338. The molecule has 0 saturated heterocycles. The SMILES string of the molecule is CC(=O)c1scc2c1CCC(C)C2. The Labute approximate surface area is 82.8 Å². The summed E-state index contributed by atoms with van der Waals surface area (Å²) in [6, 6.07) is 0. The standard InChI is InChI=1S/C11H14OS/c1-7-3-4-10-9(5-7)6-13-11(10)8(2)12/h6-7H,3-5H2,1-2H3. The zero-order valence-electron chi connectivity index (χ0n) is 8.09. The van der Waals surface area contributed by atoms with Crippen LogP contribution in [0.5, 0.6) is 0 Å². The minimum Gasteiger partial charge on any atom is -0.294 e. The molecule has 1 heterocycles. The van der Waals surface area contributed by atoms with Crippen LogP contribution in [0, 0.1) is 5.92 Å². The summed E-state index contributed by atoms with van der Waals surface area (Å²) in [5.41, 5.74) is 2.77. The van der Waals surface area contributed by atoms with E-state index in [0.717, 1.165) is 17.2 Å². The van der Waals surface area contributed by atoms with Crippen molar-refractivity contribution < 1.29 is 4.79 Å². The molecule has 70 valence electrons. The lowest BCUT2D eigenvalue weighted by atomic mass is 9.86. The molecule has 0 fully saturated rings. The number of carbonyl (C=O) groups excluding carboxylic acids is 1. The quantitative estimate of drug-likeness (QED) is 0.628. The van der Waals surface area contributed by atoms with Crippen LogP contribution in [0.2, 0.25) is 0 Å². The van der Waals surface area contributed by atoms with Crippen molar-refractivity contribution in [3.05, 3.63) is 21.4 Å². The van der Waals surface area contributed by atoms with Gasteiger partial charge in [-0.1, -0.05) is 6.92 Å². The third kappa shape index (κ3) is 1.55. The highest BCUT2D eigenvalue weighted by Gasteiger charge is 2.21. The second kappa shape index (κ2) is 3.26. The van der Waals surface area contributed by atoms with Crippen LogP contribution in [0.25, 0.3) is 0 Å². The van der Waals surface area contributed by atoms with E-state index in [1.807, 2.05) is 0 Å². The van der Waals surface area contributed by atoms with Gasteiger partial charge >= 0.3 is 0 Å². The molecule has 0 amide bonds. The van der Waals surface area contributed by atoms with E-state index in [0.29, 0.717) is 0 Å². The minimum atomic E-state index is 0.237. The van der Waals surface area contributed by atoms with E-state index >= 15 is 0 Å². The van der Waals surface area contributed by atoms with Crippen LogP contribution in [0.4, 0.5) is 0 Å². The third-order valence-corrected chi connectivity index (χ3v) is 3.93. The second-order valence-corrected chi connectivity index (χ2v) is 4.85. The minimum absolute atomic E-state index is 0.237. The molecule has 0 bridgehead atoms. The Morgan fingerprint density at radius 2 is 2.38 bits per heavy atom. The van der Waals surface area contributed by atoms with Crippen LogP contribution in [-0.4, -0.2) is 5.78 Å². The Morgan fingerprint density at radius 3 is 3.08 bits per heavy atom. The Balaban J connectivity index is 2.39. The monoisotopic (exact) mass is 194 g/mol. The van der Waals surface area contributed by atoms with Crippen LogP contribution in [-0.2, 0) is 12.8 Å². The average molecular weight is 194 g/mol.